The Labute approximate surface area is 121 Å². The predicted molar refractivity (Wildman–Crippen MR) is 75.9 cm³/mol. The summed E-state index contributed by atoms with van der Waals surface area (Å²) in [5.41, 5.74) is 1.84. The van der Waals surface area contributed by atoms with Crippen molar-refractivity contribution < 1.29 is 9.53 Å². The summed E-state index contributed by atoms with van der Waals surface area (Å²) in [6, 6.07) is 3.23. The Morgan fingerprint density at radius 3 is 2.95 bits per heavy atom. The zero-order valence-corrected chi connectivity index (χ0v) is 11.8. The second kappa shape index (κ2) is 4.73. The van der Waals surface area contributed by atoms with Gasteiger partial charge in [0, 0.05) is 16.9 Å². The van der Waals surface area contributed by atoms with Gasteiger partial charge < -0.3 is 10.1 Å². The Kier molecular flexibility index (Phi) is 3.19. The predicted octanol–water partition coefficient (Wildman–Crippen LogP) is 3.62. The molecule has 19 heavy (non-hydrogen) atoms. The molecule has 1 aromatic carbocycles. The van der Waals surface area contributed by atoms with Crippen molar-refractivity contribution in [3.8, 4) is 0 Å². The van der Waals surface area contributed by atoms with Crippen molar-refractivity contribution in [3.05, 3.63) is 39.9 Å². The molecule has 1 aliphatic heterocycles. The minimum atomic E-state index is -0.365. The van der Waals surface area contributed by atoms with E-state index in [1.807, 2.05) is 6.07 Å². The van der Waals surface area contributed by atoms with Crippen LogP contribution in [-0.4, -0.2) is 19.1 Å². The Morgan fingerprint density at radius 2 is 2.21 bits per heavy atom. The van der Waals surface area contributed by atoms with Crippen molar-refractivity contribution in [2.24, 2.45) is 5.92 Å². The zero-order valence-electron chi connectivity index (χ0n) is 10.3. The van der Waals surface area contributed by atoms with Gasteiger partial charge in [0.1, 0.15) is 6.04 Å². The fourth-order valence-corrected chi connectivity index (χ4v) is 3.54. The van der Waals surface area contributed by atoms with Crippen LogP contribution in [0.4, 0.5) is 5.69 Å². The molecule has 0 bridgehead atoms. The molecule has 2 aliphatic rings. The number of benzene rings is 1. The number of carbonyl (C=O) groups excluding carboxylic acids is 1. The average Bonchev–Trinajstić information content (AvgIpc) is 2.86. The number of rotatable bonds is 1. The lowest BCUT2D eigenvalue weighted by Gasteiger charge is -2.35. The molecule has 1 heterocycles. The highest BCUT2D eigenvalue weighted by molar-refractivity contribution is 6.36. The van der Waals surface area contributed by atoms with Crippen molar-refractivity contribution >= 4 is 34.9 Å². The number of allylic oxidation sites excluding steroid dienone is 2. The van der Waals surface area contributed by atoms with Crippen LogP contribution < -0.4 is 5.32 Å². The quantitative estimate of drug-likeness (QED) is 0.635. The molecule has 0 radical (unpaired) electrons. The maximum atomic E-state index is 11.9. The largest absolute Gasteiger partial charge is 0.467 e. The van der Waals surface area contributed by atoms with Gasteiger partial charge in [-0.05, 0) is 24.1 Å². The van der Waals surface area contributed by atoms with Gasteiger partial charge in [0.25, 0.3) is 0 Å². The summed E-state index contributed by atoms with van der Waals surface area (Å²) in [6.45, 7) is 0. The Hall–Kier alpha value is -1.19. The molecule has 100 valence electrons. The highest BCUT2D eigenvalue weighted by Gasteiger charge is 2.42. The van der Waals surface area contributed by atoms with Crippen LogP contribution in [0.1, 0.15) is 17.9 Å². The van der Waals surface area contributed by atoms with E-state index in [4.69, 9.17) is 27.9 Å². The summed E-state index contributed by atoms with van der Waals surface area (Å²) >= 11 is 12.3. The lowest BCUT2D eigenvalue weighted by Crippen LogP contribution is -2.42. The van der Waals surface area contributed by atoms with Crippen LogP contribution >= 0.6 is 23.2 Å². The Balaban J connectivity index is 2.10. The molecule has 0 saturated heterocycles. The summed E-state index contributed by atoms with van der Waals surface area (Å²) in [5.74, 6) is 0.0707. The molecule has 1 aliphatic carbocycles. The molecule has 1 aromatic rings. The van der Waals surface area contributed by atoms with Gasteiger partial charge in [-0.25, -0.2) is 4.79 Å². The van der Waals surface area contributed by atoms with E-state index < -0.39 is 0 Å². The monoisotopic (exact) mass is 297 g/mol. The molecular weight excluding hydrogens is 285 g/mol. The molecule has 3 nitrogen and oxygen atoms in total. The molecule has 0 saturated carbocycles. The Morgan fingerprint density at radius 1 is 1.42 bits per heavy atom. The molecule has 3 atom stereocenters. The number of ether oxygens (including phenoxy) is 1. The van der Waals surface area contributed by atoms with Crippen LogP contribution in [0.3, 0.4) is 0 Å². The smallest absolute Gasteiger partial charge is 0.328 e. The van der Waals surface area contributed by atoms with E-state index >= 15 is 0 Å². The minimum absolute atomic E-state index is 0.162. The highest BCUT2D eigenvalue weighted by Crippen LogP contribution is 2.47. The van der Waals surface area contributed by atoms with Gasteiger partial charge >= 0.3 is 5.97 Å². The first-order chi connectivity index (χ1) is 9.11. The first-order valence-corrected chi connectivity index (χ1v) is 6.87. The van der Waals surface area contributed by atoms with Crippen molar-refractivity contribution in [3.63, 3.8) is 0 Å². The lowest BCUT2D eigenvalue weighted by molar-refractivity contribution is -0.142. The average molecular weight is 298 g/mol. The first kappa shape index (κ1) is 12.8. The van der Waals surface area contributed by atoms with E-state index in [1.165, 1.54) is 7.11 Å². The molecule has 3 rings (SSSR count). The number of hydrogen-bond acceptors (Lipinski definition) is 3. The maximum Gasteiger partial charge on any atom is 0.328 e. The second-order valence-electron chi connectivity index (χ2n) is 4.85. The number of nitrogens with one attached hydrogen (secondary N) is 1. The number of methoxy groups -OCH3 is 1. The first-order valence-electron chi connectivity index (χ1n) is 6.12. The third-order valence-corrected chi connectivity index (χ3v) is 4.36. The van der Waals surface area contributed by atoms with Crippen LogP contribution in [-0.2, 0) is 9.53 Å². The number of hydrogen-bond donors (Lipinski definition) is 1. The van der Waals surface area contributed by atoms with E-state index in [0.29, 0.717) is 10.0 Å². The fraction of sp³-hybridized carbons (Fsp3) is 0.357. The molecule has 0 fully saturated rings. The van der Waals surface area contributed by atoms with E-state index in [1.54, 1.807) is 6.07 Å². The van der Waals surface area contributed by atoms with Crippen LogP contribution in [0, 0.1) is 5.92 Å². The van der Waals surface area contributed by atoms with Gasteiger partial charge in [-0.2, -0.15) is 0 Å². The summed E-state index contributed by atoms with van der Waals surface area (Å²) in [7, 11) is 1.40. The standard InChI is InChI=1S/C14H13Cl2NO2/c1-19-14(18)13-9-4-2-3-8(9)10-5-7(15)6-11(16)12(10)17-13/h2-3,5-6,8-9,13,17H,4H2,1H3/t8-,9+,13-/m1/s1. The fourth-order valence-electron chi connectivity index (χ4n) is 2.98. The molecule has 0 unspecified atom stereocenters. The molecular formula is C14H13Cl2NO2. The van der Waals surface area contributed by atoms with Crippen molar-refractivity contribution in [2.45, 2.75) is 18.4 Å². The molecule has 1 N–H and O–H groups in total. The number of fused-ring (bicyclic) bond motifs is 3. The number of carbonyl (C=O) groups is 1. The molecule has 0 aromatic heterocycles. The number of esters is 1. The van der Waals surface area contributed by atoms with Gasteiger partial charge in [0.05, 0.1) is 17.8 Å². The minimum Gasteiger partial charge on any atom is -0.467 e. The molecule has 0 spiro atoms. The normalized spacial score (nSPS) is 27.4. The summed E-state index contributed by atoms with van der Waals surface area (Å²) in [6.07, 6.45) is 5.06. The Bertz CT molecular complexity index is 571. The van der Waals surface area contributed by atoms with E-state index in [2.05, 4.69) is 17.5 Å². The topological polar surface area (TPSA) is 38.3 Å². The SMILES string of the molecule is COC(=O)[C@@H]1Nc2c(Cl)cc(Cl)cc2[C@@H]2C=CC[C@H]12. The van der Waals surface area contributed by atoms with E-state index in [9.17, 15) is 4.79 Å². The third-order valence-electron chi connectivity index (χ3n) is 3.84. The highest BCUT2D eigenvalue weighted by atomic mass is 35.5. The number of anilines is 1. The lowest BCUT2D eigenvalue weighted by atomic mass is 9.79. The molecule has 0 amide bonds. The summed E-state index contributed by atoms with van der Waals surface area (Å²) < 4.78 is 4.88. The van der Waals surface area contributed by atoms with Gasteiger partial charge in [-0.1, -0.05) is 35.4 Å². The van der Waals surface area contributed by atoms with Gasteiger partial charge in [-0.3, -0.25) is 0 Å². The zero-order chi connectivity index (χ0) is 13.6. The van der Waals surface area contributed by atoms with Crippen LogP contribution in [0.2, 0.25) is 10.0 Å². The third kappa shape index (κ3) is 2.01. The van der Waals surface area contributed by atoms with E-state index in [-0.39, 0.29) is 23.8 Å². The van der Waals surface area contributed by atoms with Crippen LogP contribution in [0.15, 0.2) is 24.3 Å². The van der Waals surface area contributed by atoms with Gasteiger partial charge in [0.2, 0.25) is 0 Å². The van der Waals surface area contributed by atoms with E-state index in [0.717, 1.165) is 17.7 Å². The van der Waals surface area contributed by atoms with Crippen molar-refractivity contribution in [1.29, 1.82) is 0 Å². The van der Waals surface area contributed by atoms with Gasteiger partial charge in [-0.15, -0.1) is 0 Å². The van der Waals surface area contributed by atoms with Crippen molar-refractivity contribution in [2.75, 3.05) is 12.4 Å². The van der Waals surface area contributed by atoms with Gasteiger partial charge in [0.15, 0.2) is 0 Å². The summed E-state index contributed by atoms with van der Waals surface area (Å²) in [4.78, 5) is 11.9. The molecule has 5 heteroatoms. The van der Waals surface area contributed by atoms with Crippen molar-refractivity contribution in [1.82, 2.24) is 0 Å². The van der Waals surface area contributed by atoms with Crippen LogP contribution in [0.5, 0.6) is 0 Å². The maximum absolute atomic E-state index is 11.9. The number of halogens is 2. The second-order valence-corrected chi connectivity index (χ2v) is 5.69. The summed E-state index contributed by atoms with van der Waals surface area (Å²) in [5, 5.41) is 4.36. The van der Waals surface area contributed by atoms with Crippen LogP contribution in [0.25, 0.3) is 0 Å².